The van der Waals surface area contributed by atoms with Crippen molar-refractivity contribution < 1.29 is 14.4 Å². The van der Waals surface area contributed by atoms with Crippen LogP contribution in [0.2, 0.25) is 0 Å². The van der Waals surface area contributed by atoms with Crippen LogP contribution >= 0.6 is 11.3 Å². The van der Waals surface area contributed by atoms with Crippen molar-refractivity contribution in [3.05, 3.63) is 39.8 Å². The van der Waals surface area contributed by atoms with Gasteiger partial charge in [0.05, 0.1) is 13.1 Å². The molecule has 30 heavy (non-hydrogen) atoms. The van der Waals surface area contributed by atoms with Crippen molar-refractivity contribution in [2.75, 3.05) is 7.05 Å². The summed E-state index contributed by atoms with van der Waals surface area (Å²) < 4.78 is 1.49. The molecule has 0 radical (unpaired) electrons. The van der Waals surface area contributed by atoms with Gasteiger partial charge in [0.2, 0.25) is 5.91 Å². The Balaban J connectivity index is 1.49. The minimum absolute atomic E-state index is 0.157. The Morgan fingerprint density at radius 3 is 2.77 bits per heavy atom. The van der Waals surface area contributed by atoms with E-state index in [4.69, 9.17) is 0 Å². The van der Waals surface area contributed by atoms with E-state index < -0.39 is 5.54 Å². The number of carbonyl (C=O) groups excluding carboxylic acids is 3. The van der Waals surface area contributed by atoms with E-state index >= 15 is 0 Å². The molecule has 2 aliphatic rings. The topological polar surface area (TPSA) is 96.3 Å². The number of hydrogen-bond donors (Lipinski definition) is 2. The third-order valence-electron chi connectivity index (χ3n) is 6.17. The number of thiophene rings is 1. The normalized spacial score (nSPS) is 21.9. The second kappa shape index (κ2) is 8.22. The third kappa shape index (κ3) is 3.86. The number of likely N-dealkylation sites (N-methyl/N-ethyl adjacent to an activating group) is 1. The average molecular weight is 430 g/mol. The van der Waals surface area contributed by atoms with E-state index in [1.807, 2.05) is 17.5 Å². The van der Waals surface area contributed by atoms with Gasteiger partial charge >= 0.3 is 0 Å². The standard InChI is InChI=1S/C21H27N5O3S/c1-21(20(29)23-14-7-4-3-5-8-14)13-26-17(19(28)25(21)2)11-16(24-26)18(27)22-12-15-9-6-10-30-15/h6,9-11,14H,3-5,7-8,12-13H2,1-2H3,(H,22,27)(H,23,29)/t21-/m1/s1. The Morgan fingerprint density at radius 2 is 2.07 bits per heavy atom. The highest BCUT2D eigenvalue weighted by molar-refractivity contribution is 7.09. The molecule has 4 rings (SSSR count). The molecule has 1 saturated carbocycles. The van der Waals surface area contributed by atoms with Crippen LogP contribution in [0.5, 0.6) is 0 Å². The first kappa shape index (κ1) is 20.6. The Kier molecular flexibility index (Phi) is 5.64. The summed E-state index contributed by atoms with van der Waals surface area (Å²) >= 11 is 1.56. The lowest BCUT2D eigenvalue weighted by Gasteiger charge is -2.41. The minimum Gasteiger partial charge on any atom is -0.351 e. The molecule has 0 aromatic carbocycles. The summed E-state index contributed by atoms with van der Waals surface area (Å²) in [6.07, 6.45) is 5.38. The van der Waals surface area contributed by atoms with E-state index in [9.17, 15) is 14.4 Å². The molecule has 3 heterocycles. The highest BCUT2D eigenvalue weighted by Crippen LogP contribution is 2.27. The van der Waals surface area contributed by atoms with E-state index in [0.29, 0.717) is 12.2 Å². The van der Waals surface area contributed by atoms with Crippen LogP contribution < -0.4 is 10.6 Å². The Bertz CT molecular complexity index is 948. The maximum atomic E-state index is 13.1. The van der Waals surface area contributed by atoms with Gasteiger partial charge < -0.3 is 15.5 Å². The molecule has 1 aliphatic carbocycles. The summed E-state index contributed by atoms with van der Waals surface area (Å²) in [6.45, 7) is 2.37. The van der Waals surface area contributed by atoms with Crippen LogP contribution in [0.15, 0.2) is 23.6 Å². The summed E-state index contributed by atoms with van der Waals surface area (Å²) in [4.78, 5) is 41.1. The molecule has 1 atom stereocenters. The molecule has 0 bridgehead atoms. The second-order valence-corrected chi connectivity index (χ2v) is 9.31. The maximum absolute atomic E-state index is 13.1. The van der Waals surface area contributed by atoms with Crippen molar-refractivity contribution in [2.45, 2.75) is 63.7 Å². The first-order chi connectivity index (χ1) is 14.4. The highest BCUT2D eigenvalue weighted by atomic mass is 32.1. The van der Waals surface area contributed by atoms with E-state index in [1.54, 1.807) is 25.3 Å². The lowest BCUT2D eigenvalue weighted by Crippen LogP contribution is -2.63. The third-order valence-corrected chi connectivity index (χ3v) is 7.04. The summed E-state index contributed by atoms with van der Waals surface area (Å²) in [6, 6.07) is 5.53. The number of aromatic nitrogens is 2. The van der Waals surface area contributed by atoms with Crippen molar-refractivity contribution in [3.63, 3.8) is 0 Å². The fraction of sp³-hybridized carbons (Fsp3) is 0.524. The van der Waals surface area contributed by atoms with Gasteiger partial charge in [0.1, 0.15) is 11.2 Å². The van der Waals surface area contributed by atoms with E-state index in [1.165, 1.54) is 22.1 Å². The van der Waals surface area contributed by atoms with Crippen LogP contribution in [0.4, 0.5) is 0 Å². The maximum Gasteiger partial charge on any atom is 0.272 e. The van der Waals surface area contributed by atoms with E-state index in [2.05, 4.69) is 15.7 Å². The van der Waals surface area contributed by atoms with Crippen molar-refractivity contribution in [3.8, 4) is 0 Å². The van der Waals surface area contributed by atoms with Crippen molar-refractivity contribution in [1.29, 1.82) is 0 Å². The van der Waals surface area contributed by atoms with Gasteiger partial charge in [-0.25, -0.2) is 0 Å². The molecule has 2 N–H and O–H groups in total. The van der Waals surface area contributed by atoms with Gasteiger partial charge in [-0.15, -0.1) is 11.3 Å². The fourth-order valence-corrected chi connectivity index (χ4v) is 4.74. The summed E-state index contributed by atoms with van der Waals surface area (Å²) in [5, 5.41) is 12.2. The minimum atomic E-state index is -1.06. The zero-order valence-electron chi connectivity index (χ0n) is 17.3. The predicted molar refractivity (Wildman–Crippen MR) is 113 cm³/mol. The van der Waals surface area contributed by atoms with Gasteiger partial charge in [-0.1, -0.05) is 25.3 Å². The van der Waals surface area contributed by atoms with Gasteiger partial charge in [0.25, 0.3) is 11.8 Å². The largest absolute Gasteiger partial charge is 0.351 e. The smallest absolute Gasteiger partial charge is 0.272 e. The molecule has 160 valence electrons. The lowest BCUT2D eigenvalue weighted by molar-refractivity contribution is -0.133. The number of fused-ring (bicyclic) bond motifs is 1. The number of rotatable bonds is 5. The molecule has 2 aromatic heterocycles. The van der Waals surface area contributed by atoms with Crippen molar-refractivity contribution in [1.82, 2.24) is 25.3 Å². The predicted octanol–water partition coefficient (Wildman–Crippen LogP) is 2.17. The molecule has 0 unspecified atom stereocenters. The number of nitrogens with one attached hydrogen (secondary N) is 2. The second-order valence-electron chi connectivity index (χ2n) is 8.28. The molecule has 3 amide bonds. The fourth-order valence-electron chi connectivity index (χ4n) is 4.10. The molecular formula is C21H27N5O3S. The summed E-state index contributed by atoms with van der Waals surface area (Å²) in [5.74, 6) is -0.823. The average Bonchev–Trinajstić information content (AvgIpc) is 3.41. The molecule has 8 nitrogen and oxygen atoms in total. The van der Waals surface area contributed by atoms with E-state index in [-0.39, 0.29) is 36.0 Å². The zero-order valence-corrected chi connectivity index (χ0v) is 18.1. The number of hydrogen-bond acceptors (Lipinski definition) is 5. The summed E-state index contributed by atoms with van der Waals surface area (Å²) in [5.41, 5.74) is -0.555. The number of amides is 3. The molecule has 9 heteroatoms. The quantitative estimate of drug-likeness (QED) is 0.761. The summed E-state index contributed by atoms with van der Waals surface area (Å²) in [7, 11) is 1.63. The number of nitrogens with zero attached hydrogens (tertiary/aromatic N) is 3. The van der Waals surface area contributed by atoms with Crippen LogP contribution in [-0.2, 0) is 17.9 Å². The van der Waals surface area contributed by atoms with Crippen molar-refractivity contribution >= 4 is 29.1 Å². The van der Waals surface area contributed by atoms with Crippen LogP contribution in [0.1, 0.15) is 64.9 Å². The number of carbonyl (C=O) groups is 3. The molecule has 1 fully saturated rings. The molecule has 1 aliphatic heterocycles. The van der Waals surface area contributed by atoms with Crippen LogP contribution in [0, 0.1) is 0 Å². The van der Waals surface area contributed by atoms with Crippen LogP contribution in [0.25, 0.3) is 0 Å². The molecule has 0 saturated heterocycles. The van der Waals surface area contributed by atoms with Gasteiger partial charge in [-0.05, 0) is 31.2 Å². The zero-order chi connectivity index (χ0) is 21.3. The molecular weight excluding hydrogens is 402 g/mol. The van der Waals surface area contributed by atoms with Gasteiger partial charge in [0, 0.05) is 24.0 Å². The van der Waals surface area contributed by atoms with Gasteiger partial charge in [0.15, 0.2) is 5.69 Å². The van der Waals surface area contributed by atoms with E-state index in [0.717, 1.165) is 30.6 Å². The first-order valence-electron chi connectivity index (χ1n) is 10.4. The lowest BCUT2D eigenvalue weighted by atomic mass is 9.92. The van der Waals surface area contributed by atoms with Crippen LogP contribution in [0.3, 0.4) is 0 Å². The molecule has 2 aromatic rings. The van der Waals surface area contributed by atoms with Crippen LogP contribution in [-0.4, -0.2) is 51.0 Å². The highest BCUT2D eigenvalue weighted by Gasteiger charge is 2.46. The Morgan fingerprint density at radius 1 is 1.30 bits per heavy atom. The Labute approximate surface area is 179 Å². The Hall–Kier alpha value is -2.68. The first-order valence-corrected chi connectivity index (χ1v) is 11.2. The monoisotopic (exact) mass is 429 g/mol. The SMILES string of the molecule is CN1C(=O)c2cc(C(=O)NCc3cccs3)nn2C[C@]1(C)C(=O)NC1CCCCC1. The van der Waals surface area contributed by atoms with Gasteiger partial charge in [-0.3, -0.25) is 19.1 Å². The van der Waals surface area contributed by atoms with Gasteiger partial charge in [-0.2, -0.15) is 5.10 Å². The molecule has 0 spiro atoms. The van der Waals surface area contributed by atoms with Crippen molar-refractivity contribution in [2.24, 2.45) is 0 Å².